The molecule has 0 radical (unpaired) electrons. The molecule has 1 aromatic carbocycles. The molecule has 0 spiro atoms. The molecule has 0 amide bonds. The third-order valence-electron chi connectivity index (χ3n) is 3.23. The minimum atomic E-state index is -2.69. The lowest BCUT2D eigenvalue weighted by molar-refractivity contribution is -0.159. The Hall–Kier alpha value is -1.69. The highest BCUT2D eigenvalue weighted by atomic mass is 31.2. The zero-order chi connectivity index (χ0) is 21.8. The minimum absolute atomic E-state index is 0.110. The van der Waals surface area contributed by atoms with E-state index in [-0.39, 0.29) is 6.42 Å². The van der Waals surface area contributed by atoms with Crippen LogP contribution in [0.5, 0.6) is 0 Å². The third-order valence-corrected chi connectivity index (χ3v) is 4.69. The standard InChI is InChI=1S/C15H20O4.C5H13O3P/c1-15(2,3)19-13(16)10-12(14(17)18)9-11-7-5-4-6-8-11;1-4-7-9(3,6)8-5-2/h4-8,12H,9-10H2,1-3H3,(H,17,18);4-5H2,1-3H3. The van der Waals surface area contributed by atoms with Gasteiger partial charge in [0.1, 0.15) is 5.60 Å². The highest BCUT2D eigenvalue weighted by Crippen LogP contribution is 2.43. The number of esters is 1. The van der Waals surface area contributed by atoms with Gasteiger partial charge in [0.2, 0.25) is 0 Å². The monoisotopic (exact) mass is 416 g/mol. The van der Waals surface area contributed by atoms with Crippen LogP contribution in [0.1, 0.15) is 46.6 Å². The van der Waals surface area contributed by atoms with E-state index in [0.717, 1.165) is 5.56 Å². The molecule has 0 fully saturated rings. The lowest BCUT2D eigenvalue weighted by Crippen LogP contribution is -2.28. The molecular weight excluding hydrogens is 383 g/mol. The second-order valence-corrected chi connectivity index (χ2v) is 9.18. The average molecular weight is 416 g/mol. The van der Waals surface area contributed by atoms with E-state index in [4.69, 9.17) is 13.8 Å². The second-order valence-electron chi connectivity index (χ2n) is 7.12. The summed E-state index contributed by atoms with van der Waals surface area (Å²) in [7, 11) is -2.69. The Labute approximate surface area is 167 Å². The Morgan fingerprint density at radius 2 is 1.57 bits per heavy atom. The molecule has 0 saturated heterocycles. The number of carboxylic acid groups (broad SMARTS) is 1. The molecule has 0 heterocycles. The van der Waals surface area contributed by atoms with Crippen LogP contribution in [0.15, 0.2) is 30.3 Å². The second kappa shape index (κ2) is 12.7. The number of hydrogen-bond acceptors (Lipinski definition) is 6. The van der Waals surface area contributed by atoms with Gasteiger partial charge in [0.05, 0.1) is 25.6 Å². The summed E-state index contributed by atoms with van der Waals surface area (Å²) in [6.07, 6.45) is 0.219. The van der Waals surface area contributed by atoms with E-state index < -0.39 is 31.1 Å². The molecule has 0 aromatic heterocycles. The van der Waals surface area contributed by atoms with Gasteiger partial charge in [0, 0.05) is 6.66 Å². The van der Waals surface area contributed by atoms with E-state index in [1.165, 1.54) is 6.66 Å². The first kappa shape index (κ1) is 26.3. The predicted molar refractivity (Wildman–Crippen MR) is 109 cm³/mol. The molecule has 0 aliphatic carbocycles. The molecule has 0 bridgehead atoms. The summed E-state index contributed by atoms with van der Waals surface area (Å²) in [6, 6.07) is 9.27. The van der Waals surface area contributed by atoms with E-state index in [1.807, 2.05) is 30.3 Å². The van der Waals surface area contributed by atoms with Gasteiger partial charge in [0.25, 0.3) is 0 Å². The molecule has 1 N–H and O–H groups in total. The van der Waals surface area contributed by atoms with Gasteiger partial charge in [-0.2, -0.15) is 0 Å². The van der Waals surface area contributed by atoms with Crippen LogP contribution < -0.4 is 0 Å². The number of benzene rings is 1. The quantitative estimate of drug-likeness (QED) is 0.466. The maximum atomic E-state index is 11.7. The molecule has 160 valence electrons. The molecule has 1 aromatic rings. The largest absolute Gasteiger partial charge is 0.481 e. The van der Waals surface area contributed by atoms with E-state index >= 15 is 0 Å². The number of ether oxygens (including phenoxy) is 1. The highest BCUT2D eigenvalue weighted by Gasteiger charge is 2.25. The van der Waals surface area contributed by atoms with E-state index in [2.05, 4.69) is 0 Å². The van der Waals surface area contributed by atoms with Crippen LogP contribution >= 0.6 is 7.60 Å². The number of carbonyl (C=O) groups excluding carboxylic acids is 1. The summed E-state index contributed by atoms with van der Waals surface area (Å²) < 4.78 is 25.7. The number of carbonyl (C=O) groups is 2. The Kier molecular flexibility index (Phi) is 11.9. The van der Waals surface area contributed by atoms with Gasteiger partial charge in [0.15, 0.2) is 0 Å². The molecule has 7 nitrogen and oxygen atoms in total. The highest BCUT2D eigenvalue weighted by molar-refractivity contribution is 7.52. The summed E-state index contributed by atoms with van der Waals surface area (Å²) in [5.74, 6) is -2.21. The first-order chi connectivity index (χ1) is 12.9. The maximum Gasteiger partial charge on any atom is 0.327 e. The van der Waals surface area contributed by atoms with Gasteiger partial charge in [-0.05, 0) is 46.6 Å². The van der Waals surface area contributed by atoms with E-state index in [0.29, 0.717) is 19.6 Å². The van der Waals surface area contributed by atoms with Gasteiger partial charge >= 0.3 is 19.5 Å². The van der Waals surface area contributed by atoms with Gasteiger partial charge in [-0.1, -0.05) is 30.3 Å². The smallest absolute Gasteiger partial charge is 0.327 e. The van der Waals surface area contributed by atoms with Crippen molar-refractivity contribution < 1.29 is 33.0 Å². The summed E-state index contributed by atoms with van der Waals surface area (Å²) in [4.78, 5) is 22.9. The SMILES string of the molecule is CC(C)(C)OC(=O)CC(Cc1ccccc1)C(=O)O.CCOP(C)(=O)OCC. The van der Waals surface area contributed by atoms with Crippen LogP contribution in [-0.4, -0.2) is 42.5 Å². The third kappa shape index (κ3) is 13.5. The zero-order valence-corrected chi connectivity index (χ0v) is 18.5. The molecule has 8 heteroatoms. The van der Waals surface area contributed by atoms with Crippen molar-refractivity contribution >= 4 is 19.5 Å². The van der Waals surface area contributed by atoms with Crippen LogP contribution in [0.2, 0.25) is 0 Å². The Morgan fingerprint density at radius 1 is 1.07 bits per heavy atom. The first-order valence-electron chi connectivity index (χ1n) is 9.25. The van der Waals surface area contributed by atoms with E-state index in [9.17, 15) is 19.3 Å². The zero-order valence-electron chi connectivity index (χ0n) is 17.6. The van der Waals surface area contributed by atoms with Crippen molar-refractivity contribution in [2.24, 2.45) is 5.92 Å². The minimum Gasteiger partial charge on any atom is -0.481 e. The first-order valence-corrected chi connectivity index (χ1v) is 11.2. The number of hydrogen-bond donors (Lipinski definition) is 1. The molecule has 0 saturated carbocycles. The molecule has 1 rings (SSSR count). The Bertz CT molecular complexity index is 628. The molecule has 1 unspecified atom stereocenters. The van der Waals surface area contributed by atoms with Crippen LogP contribution in [0.3, 0.4) is 0 Å². The Balaban J connectivity index is 0.000000684. The van der Waals surface area contributed by atoms with Crippen LogP contribution in [0, 0.1) is 5.92 Å². The van der Waals surface area contributed by atoms with Crippen molar-refractivity contribution in [1.29, 1.82) is 0 Å². The summed E-state index contributed by atoms with van der Waals surface area (Å²) in [5, 5.41) is 9.17. The lowest BCUT2D eigenvalue weighted by Gasteiger charge is -2.21. The normalized spacial score (nSPS) is 12.5. The molecule has 0 aliphatic heterocycles. The van der Waals surface area contributed by atoms with Crippen molar-refractivity contribution in [2.75, 3.05) is 19.9 Å². The molecule has 0 aliphatic rings. The van der Waals surface area contributed by atoms with Crippen LogP contribution in [0.25, 0.3) is 0 Å². The van der Waals surface area contributed by atoms with Crippen molar-refractivity contribution in [1.82, 2.24) is 0 Å². The van der Waals surface area contributed by atoms with E-state index in [1.54, 1.807) is 34.6 Å². The summed E-state index contributed by atoms with van der Waals surface area (Å²) >= 11 is 0. The van der Waals surface area contributed by atoms with Gasteiger partial charge in [-0.3, -0.25) is 14.2 Å². The predicted octanol–water partition coefficient (Wildman–Crippen LogP) is 4.54. The molecule has 28 heavy (non-hydrogen) atoms. The van der Waals surface area contributed by atoms with Crippen molar-refractivity contribution in [3.05, 3.63) is 35.9 Å². The van der Waals surface area contributed by atoms with Crippen LogP contribution in [-0.2, 0) is 34.4 Å². The summed E-state index contributed by atoms with van der Waals surface area (Å²) in [6.45, 7) is 11.2. The number of aliphatic carboxylic acids is 1. The summed E-state index contributed by atoms with van der Waals surface area (Å²) in [5.41, 5.74) is 0.311. The van der Waals surface area contributed by atoms with Crippen molar-refractivity contribution in [2.45, 2.75) is 53.1 Å². The van der Waals surface area contributed by atoms with Crippen molar-refractivity contribution in [3.63, 3.8) is 0 Å². The fourth-order valence-corrected chi connectivity index (χ4v) is 3.25. The molecular formula is C20H33O7P. The van der Waals surface area contributed by atoms with Gasteiger partial charge < -0.3 is 18.9 Å². The van der Waals surface area contributed by atoms with Crippen molar-refractivity contribution in [3.8, 4) is 0 Å². The fraction of sp³-hybridized carbons (Fsp3) is 0.600. The number of rotatable bonds is 9. The van der Waals surface area contributed by atoms with Gasteiger partial charge in [-0.15, -0.1) is 0 Å². The number of carboxylic acids is 1. The topological polar surface area (TPSA) is 99.1 Å². The average Bonchev–Trinajstić information content (AvgIpc) is 2.53. The van der Waals surface area contributed by atoms with Gasteiger partial charge in [-0.25, -0.2) is 0 Å². The Morgan fingerprint density at radius 3 is 1.96 bits per heavy atom. The maximum absolute atomic E-state index is 11.7. The van der Waals surface area contributed by atoms with Crippen LogP contribution in [0.4, 0.5) is 0 Å². The molecule has 1 atom stereocenters. The lowest BCUT2D eigenvalue weighted by atomic mass is 9.96. The fourth-order valence-electron chi connectivity index (χ4n) is 2.24.